The average Bonchev–Trinajstić information content (AvgIpc) is 2.30. The molecular weight excluding hydrogens is 222 g/mol. The highest BCUT2D eigenvalue weighted by molar-refractivity contribution is 7.99. The Labute approximate surface area is 99.0 Å². The van der Waals surface area contributed by atoms with Gasteiger partial charge in [-0.3, -0.25) is 4.79 Å². The van der Waals surface area contributed by atoms with E-state index in [1.165, 1.54) is 0 Å². The van der Waals surface area contributed by atoms with E-state index in [0.29, 0.717) is 17.4 Å². The molecule has 16 heavy (non-hydrogen) atoms. The number of carbonyl (C=O) groups excluding carboxylic acids is 1. The minimum atomic E-state index is -0.0500. The Bertz CT molecular complexity index is 377. The van der Waals surface area contributed by atoms with Crippen LogP contribution in [0.3, 0.4) is 0 Å². The van der Waals surface area contributed by atoms with E-state index < -0.39 is 0 Å². The molecule has 1 aromatic rings. The molecule has 0 spiro atoms. The minimum absolute atomic E-state index is 0.0500. The van der Waals surface area contributed by atoms with Gasteiger partial charge in [0.05, 0.1) is 0 Å². The van der Waals surface area contributed by atoms with Gasteiger partial charge in [-0.05, 0) is 36.5 Å². The van der Waals surface area contributed by atoms with Crippen molar-refractivity contribution < 1.29 is 4.79 Å². The quantitative estimate of drug-likeness (QED) is 0.813. The number of hydrogen-bond donors (Lipinski definition) is 2. The zero-order chi connectivity index (χ0) is 11.4. The first-order valence-corrected chi connectivity index (χ1v) is 6.51. The third kappa shape index (κ3) is 2.88. The second kappa shape index (κ2) is 5.21. The summed E-state index contributed by atoms with van der Waals surface area (Å²) < 4.78 is 0. The molecule has 0 saturated carbocycles. The van der Waals surface area contributed by atoms with Crippen LogP contribution >= 0.6 is 11.8 Å². The molecule has 0 bridgehead atoms. The molecule has 1 aliphatic rings. The third-order valence-corrected chi connectivity index (χ3v) is 3.65. The van der Waals surface area contributed by atoms with Crippen LogP contribution in [0.1, 0.15) is 23.2 Å². The first-order valence-electron chi connectivity index (χ1n) is 5.36. The number of amides is 1. The van der Waals surface area contributed by atoms with Crippen molar-refractivity contribution in [3.05, 3.63) is 23.9 Å². The Morgan fingerprint density at radius 1 is 1.50 bits per heavy atom. The molecule has 0 atom stereocenters. The van der Waals surface area contributed by atoms with E-state index in [1.54, 1.807) is 18.3 Å². The number of thioether (sulfide) groups is 1. The molecule has 1 aliphatic heterocycles. The Morgan fingerprint density at radius 2 is 2.25 bits per heavy atom. The van der Waals surface area contributed by atoms with Crippen LogP contribution in [0.15, 0.2) is 18.3 Å². The number of nitrogens with one attached hydrogen (secondary N) is 1. The monoisotopic (exact) mass is 237 g/mol. The van der Waals surface area contributed by atoms with E-state index in [1.807, 2.05) is 11.8 Å². The lowest BCUT2D eigenvalue weighted by atomic mass is 10.1. The van der Waals surface area contributed by atoms with E-state index >= 15 is 0 Å². The standard InChI is InChI=1S/C11H15N3OS/c12-10-7-8(1-4-13-10)11(15)14-9-2-5-16-6-3-9/h1,4,7,9H,2-3,5-6H2,(H2,12,13)(H,14,15). The molecule has 1 amide bonds. The lowest BCUT2D eigenvalue weighted by Gasteiger charge is -2.22. The maximum atomic E-state index is 11.9. The number of nitrogens with zero attached hydrogens (tertiary/aromatic N) is 1. The number of anilines is 1. The van der Waals surface area contributed by atoms with Crippen LogP contribution in [-0.2, 0) is 0 Å². The van der Waals surface area contributed by atoms with Gasteiger partial charge in [-0.1, -0.05) is 0 Å². The van der Waals surface area contributed by atoms with E-state index in [0.717, 1.165) is 24.3 Å². The maximum absolute atomic E-state index is 11.9. The molecule has 0 aliphatic carbocycles. The second-order valence-electron chi connectivity index (χ2n) is 3.83. The Hall–Kier alpha value is -1.23. The molecule has 3 N–H and O–H groups in total. The van der Waals surface area contributed by atoms with Crippen molar-refractivity contribution in [1.29, 1.82) is 0 Å². The zero-order valence-corrected chi connectivity index (χ0v) is 9.80. The summed E-state index contributed by atoms with van der Waals surface area (Å²) in [6.07, 6.45) is 3.66. The first kappa shape index (κ1) is 11.3. The highest BCUT2D eigenvalue weighted by atomic mass is 32.2. The van der Waals surface area contributed by atoms with Gasteiger partial charge in [0.1, 0.15) is 5.82 Å². The van der Waals surface area contributed by atoms with Crippen molar-refractivity contribution in [1.82, 2.24) is 10.3 Å². The van der Waals surface area contributed by atoms with Crippen LogP contribution < -0.4 is 11.1 Å². The van der Waals surface area contributed by atoms with Gasteiger partial charge in [-0.25, -0.2) is 4.98 Å². The largest absolute Gasteiger partial charge is 0.384 e. The van der Waals surface area contributed by atoms with Gasteiger partial charge in [0.15, 0.2) is 0 Å². The van der Waals surface area contributed by atoms with Crippen molar-refractivity contribution in [3.8, 4) is 0 Å². The van der Waals surface area contributed by atoms with Crippen molar-refractivity contribution in [3.63, 3.8) is 0 Å². The molecule has 1 aromatic heterocycles. The minimum Gasteiger partial charge on any atom is -0.384 e. The average molecular weight is 237 g/mol. The van der Waals surface area contributed by atoms with Gasteiger partial charge in [0, 0.05) is 17.8 Å². The summed E-state index contributed by atoms with van der Waals surface area (Å²) >= 11 is 1.94. The molecule has 86 valence electrons. The van der Waals surface area contributed by atoms with Gasteiger partial charge < -0.3 is 11.1 Å². The van der Waals surface area contributed by atoms with Crippen molar-refractivity contribution in [2.24, 2.45) is 0 Å². The molecule has 0 radical (unpaired) electrons. The lowest BCUT2D eigenvalue weighted by molar-refractivity contribution is 0.0935. The first-order chi connectivity index (χ1) is 7.75. The van der Waals surface area contributed by atoms with Crippen LogP contribution in [0, 0.1) is 0 Å². The van der Waals surface area contributed by atoms with Gasteiger partial charge in [0.25, 0.3) is 5.91 Å². The fourth-order valence-corrected chi connectivity index (χ4v) is 2.81. The maximum Gasteiger partial charge on any atom is 0.251 e. The zero-order valence-electron chi connectivity index (χ0n) is 8.98. The molecule has 4 nitrogen and oxygen atoms in total. The van der Waals surface area contributed by atoms with Crippen molar-refractivity contribution >= 4 is 23.5 Å². The number of hydrogen-bond acceptors (Lipinski definition) is 4. The number of rotatable bonds is 2. The summed E-state index contributed by atoms with van der Waals surface area (Å²) in [7, 11) is 0. The molecule has 1 fully saturated rings. The van der Waals surface area contributed by atoms with E-state index in [2.05, 4.69) is 10.3 Å². The predicted octanol–water partition coefficient (Wildman–Crippen LogP) is 1.29. The predicted molar refractivity (Wildman–Crippen MR) is 66.5 cm³/mol. The summed E-state index contributed by atoms with van der Waals surface area (Å²) in [5, 5.41) is 3.03. The topological polar surface area (TPSA) is 68.0 Å². The van der Waals surface area contributed by atoms with Gasteiger partial charge >= 0.3 is 0 Å². The molecule has 2 heterocycles. The molecule has 2 rings (SSSR count). The molecule has 1 saturated heterocycles. The highest BCUT2D eigenvalue weighted by Crippen LogP contribution is 2.17. The normalized spacial score (nSPS) is 17.0. The molecular formula is C11H15N3OS. The molecule has 0 unspecified atom stereocenters. The fourth-order valence-electron chi connectivity index (χ4n) is 1.70. The van der Waals surface area contributed by atoms with E-state index in [-0.39, 0.29) is 5.91 Å². The third-order valence-electron chi connectivity index (χ3n) is 2.60. The molecule has 5 heteroatoms. The number of nitrogen functional groups attached to an aromatic ring is 1. The van der Waals surface area contributed by atoms with Gasteiger partial charge in [-0.15, -0.1) is 0 Å². The summed E-state index contributed by atoms with van der Waals surface area (Å²) in [4.78, 5) is 15.7. The Kier molecular flexibility index (Phi) is 3.66. The second-order valence-corrected chi connectivity index (χ2v) is 5.05. The SMILES string of the molecule is Nc1cc(C(=O)NC2CCSCC2)ccn1. The number of aromatic nitrogens is 1. The summed E-state index contributed by atoms with van der Waals surface area (Å²) in [5.74, 6) is 2.59. The summed E-state index contributed by atoms with van der Waals surface area (Å²) in [5.41, 5.74) is 6.12. The summed E-state index contributed by atoms with van der Waals surface area (Å²) in [6.45, 7) is 0. The lowest BCUT2D eigenvalue weighted by Crippen LogP contribution is -2.37. The van der Waals surface area contributed by atoms with Crippen LogP contribution in [0.25, 0.3) is 0 Å². The number of nitrogens with two attached hydrogens (primary N) is 1. The van der Waals surface area contributed by atoms with E-state index in [4.69, 9.17) is 5.73 Å². The number of carbonyl (C=O) groups is 1. The van der Waals surface area contributed by atoms with Crippen molar-refractivity contribution in [2.75, 3.05) is 17.2 Å². The van der Waals surface area contributed by atoms with Crippen LogP contribution in [0.2, 0.25) is 0 Å². The van der Waals surface area contributed by atoms with Gasteiger partial charge in [-0.2, -0.15) is 11.8 Å². The Balaban J connectivity index is 1.97. The fraction of sp³-hybridized carbons (Fsp3) is 0.455. The Morgan fingerprint density at radius 3 is 2.94 bits per heavy atom. The molecule has 0 aromatic carbocycles. The van der Waals surface area contributed by atoms with Gasteiger partial charge in [0.2, 0.25) is 0 Å². The van der Waals surface area contributed by atoms with Crippen molar-refractivity contribution in [2.45, 2.75) is 18.9 Å². The smallest absolute Gasteiger partial charge is 0.251 e. The van der Waals surface area contributed by atoms with Crippen LogP contribution in [0.5, 0.6) is 0 Å². The van der Waals surface area contributed by atoms with E-state index in [9.17, 15) is 4.79 Å². The highest BCUT2D eigenvalue weighted by Gasteiger charge is 2.16. The van der Waals surface area contributed by atoms with Crippen LogP contribution in [0.4, 0.5) is 5.82 Å². The number of pyridine rings is 1. The van der Waals surface area contributed by atoms with Crippen LogP contribution in [-0.4, -0.2) is 28.4 Å². The summed E-state index contributed by atoms with van der Waals surface area (Å²) in [6, 6.07) is 3.60.